The molecule has 0 aliphatic rings. The molecule has 82 valence electrons. The van der Waals surface area contributed by atoms with Gasteiger partial charge in [-0.1, -0.05) is 0 Å². The van der Waals surface area contributed by atoms with Crippen molar-refractivity contribution >= 4 is 17.6 Å². The predicted molar refractivity (Wildman–Crippen MR) is 62.6 cm³/mol. The van der Waals surface area contributed by atoms with Crippen LogP contribution in [0.15, 0.2) is 17.3 Å². The third-order valence-electron chi connectivity index (χ3n) is 1.92. The fraction of sp³-hybridized carbons (Fsp3) is 0.400. The second-order valence-electron chi connectivity index (χ2n) is 3.06. The first kappa shape index (κ1) is 12.0. The maximum absolute atomic E-state index is 7.49. The molecule has 1 heterocycles. The number of nitrogens with two attached hydrogens (primary N) is 1. The highest BCUT2D eigenvalue weighted by atomic mass is 32.2. The van der Waals surface area contributed by atoms with E-state index in [9.17, 15) is 0 Å². The molecule has 0 saturated carbocycles. The summed E-state index contributed by atoms with van der Waals surface area (Å²) in [6, 6.07) is 1.86. The van der Waals surface area contributed by atoms with Crippen molar-refractivity contribution in [1.82, 2.24) is 4.98 Å². The zero-order chi connectivity index (χ0) is 11.3. The van der Waals surface area contributed by atoms with E-state index in [1.165, 1.54) is 0 Å². The molecule has 0 aliphatic heterocycles. The number of pyridine rings is 1. The van der Waals surface area contributed by atoms with E-state index in [1.807, 2.05) is 13.0 Å². The molecule has 1 aromatic heterocycles. The number of aryl methyl sites for hydroxylation is 1. The molecule has 4 nitrogen and oxygen atoms in total. The molecule has 0 fully saturated rings. The summed E-state index contributed by atoms with van der Waals surface area (Å²) in [5.41, 5.74) is 7.24. The smallest absolute Gasteiger partial charge is 0.125 e. The Bertz CT molecular complexity index is 355. The lowest BCUT2D eigenvalue weighted by molar-refractivity contribution is 0.218. The average Bonchev–Trinajstić information content (AvgIpc) is 2.17. The molecule has 3 N–H and O–H groups in total. The summed E-state index contributed by atoms with van der Waals surface area (Å²) in [5, 5.41) is 8.30. The highest BCUT2D eigenvalue weighted by Gasteiger charge is 2.09. The van der Waals surface area contributed by atoms with Crippen LogP contribution >= 0.6 is 11.8 Å². The average molecular weight is 225 g/mol. The lowest BCUT2D eigenvalue weighted by Crippen LogP contribution is -2.15. The van der Waals surface area contributed by atoms with Gasteiger partial charge in [0.05, 0.1) is 12.2 Å². The van der Waals surface area contributed by atoms with Gasteiger partial charge in [-0.25, -0.2) is 4.98 Å². The molecule has 15 heavy (non-hydrogen) atoms. The number of hydrogen-bond acceptors (Lipinski definition) is 4. The van der Waals surface area contributed by atoms with Crippen LogP contribution in [0.4, 0.5) is 0 Å². The number of methoxy groups -OCH3 is 1. The predicted octanol–water partition coefficient (Wildman–Crippen LogP) is 1.41. The second-order valence-corrected chi connectivity index (χ2v) is 4.15. The van der Waals surface area contributed by atoms with Gasteiger partial charge in [-0.3, -0.25) is 5.41 Å². The van der Waals surface area contributed by atoms with Crippen molar-refractivity contribution in [3.05, 3.63) is 23.4 Å². The molecule has 0 unspecified atom stereocenters. The highest BCUT2D eigenvalue weighted by Crippen LogP contribution is 2.22. The number of nitrogen functional groups attached to an aromatic ring is 1. The van der Waals surface area contributed by atoms with Gasteiger partial charge < -0.3 is 10.5 Å². The highest BCUT2D eigenvalue weighted by molar-refractivity contribution is 7.99. The summed E-state index contributed by atoms with van der Waals surface area (Å²) in [7, 11) is 1.66. The molecular weight excluding hydrogens is 210 g/mol. The van der Waals surface area contributed by atoms with Gasteiger partial charge in [0.15, 0.2) is 0 Å². The van der Waals surface area contributed by atoms with Crippen LogP contribution in [0.5, 0.6) is 0 Å². The standard InChI is InChI=1S/C10H15N3OS/c1-7-3-4-13-10(8(7)9(11)12)15-6-5-14-2/h3-4H,5-6H2,1-2H3,(H3,11,12). The largest absolute Gasteiger partial charge is 0.384 e. The van der Waals surface area contributed by atoms with E-state index in [0.717, 1.165) is 21.9 Å². The topological polar surface area (TPSA) is 72.0 Å². The van der Waals surface area contributed by atoms with Crippen molar-refractivity contribution in [2.45, 2.75) is 11.9 Å². The van der Waals surface area contributed by atoms with E-state index in [-0.39, 0.29) is 5.84 Å². The molecule has 0 spiro atoms. The van der Waals surface area contributed by atoms with Crippen molar-refractivity contribution in [2.75, 3.05) is 19.5 Å². The van der Waals surface area contributed by atoms with Gasteiger partial charge in [0.25, 0.3) is 0 Å². The number of ether oxygens (including phenoxy) is 1. The van der Waals surface area contributed by atoms with E-state index in [4.69, 9.17) is 15.9 Å². The molecule has 0 bridgehead atoms. The summed E-state index contributed by atoms with van der Waals surface area (Å²) >= 11 is 1.56. The lowest BCUT2D eigenvalue weighted by Gasteiger charge is -2.09. The van der Waals surface area contributed by atoms with Crippen molar-refractivity contribution < 1.29 is 4.74 Å². The van der Waals surface area contributed by atoms with E-state index in [2.05, 4.69) is 4.98 Å². The molecule has 0 saturated heterocycles. The minimum Gasteiger partial charge on any atom is -0.384 e. The summed E-state index contributed by atoms with van der Waals surface area (Å²) in [6.07, 6.45) is 1.73. The Balaban J connectivity index is 2.86. The van der Waals surface area contributed by atoms with Crippen LogP contribution in [0, 0.1) is 12.3 Å². The second kappa shape index (κ2) is 5.72. The number of amidine groups is 1. The first-order valence-electron chi connectivity index (χ1n) is 4.58. The number of thioether (sulfide) groups is 1. The van der Waals surface area contributed by atoms with Crippen molar-refractivity contribution in [3.8, 4) is 0 Å². The molecule has 0 aromatic carbocycles. The SMILES string of the molecule is COCCSc1nccc(C)c1C(=N)N. The molecule has 0 aliphatic carbocycles. The van der Waals surface area contributed by atoms with E-state index < -0.39 is 0 Å². The monoisotopic (exact) mass is 225 g/mol. The van der Waals surface area contributed by atoms with Gasteiger partial charge in [0.1, 0.15) is 10.9 Å². The van der Waals surface area contributed by atoms with Gasteiger partial charge in [-0.05, 0) is 18.6 Å². The van der Waals surface area contributed by atoms with Crippen LogP contribution in [0.1, 0.15) is 11.1 Å². The maximum Gasteiger partial charge on any atom is 0.125 e. The van der Waals surface area contributed by atoms with Crippen LogP contribution in [-0.4, -0.2) is 30.3 Å². The maximum atomic E-state index is 7.49. The number of nitrogens with zero attached hydrogens (tertiary/aromatic N) is 1. The van der Waals surface area contributed by atoms with Crippen molar-refractivity contribution in [1.29, 1.82) is 5.41 Å². The van der Waals surface area contributed by atoms with E-state index >= 15 is 0 Å². The van der Waals surface area contributed by atoms with Gasteiger partial charge in [-0.2, -0.15) is 0 Å². The molecular formula is C10H15N3OS. The van der Waals surface area contributed by atoms with Gasteiger partial charge in [0, 0.05) is 19.1 Å². The fourth-order valence-corrected chi connectivity index (χ4v) is 2.19. The Morgan fingerprint density at radius 2 is 2.40 bits per heavy atom. The number of nitrogens with one attached hydrogen (secondary N) is 1. The fourth-order valence-electron chi connectivity index (χ4n) is 1.19. The molecule has 0 atom stereocenters. The van der Waals surface area contributed by atoms with Gasteiger partial charge in [0.2, 0.25) is 0 Å². The number of rotatable bonds is 5. The molecule has 1 rings (SSSR count). The minimum atomic E-state index is 0.0699. The Morgan fingerprint density at radius 3 is 3.00 bits per heavy atom. The normalized spacial score (nSPS) is 10.3. The van der Waals surface area contributed by atoms with Gasteiger partial charge >= 0.3 is 0 Å². The molecule has 0 amide bonds. The Labute approximate surface area is 93.7 Å². The lowest BCUT2D eigenvalue weighted by atomic mass is 10.1. The summed E-state index contributed by atoms with van der Waals surface area (Å²) in [6.45, 7) is 2.59. The summed E-state index contributed by atoms with van der Waals surface area (Å²) < 4.78 is 4.96. The first-order valence-corrected chi connectivity index (χ1v) is 5.57. The molecule has 5 heteroatoms. The molecule has 0 radical (unpaired) electrons. The zero-order valence-corrected chi connectivity index (χ0v) is 9.73. The third-order valence-corrected chi connectivity index (χ3v) is 2.87. The summed E-state index contributed by atoms with van der Waals surface area (Å²) in [5.74, 6) is 0.883. The Hall–Kier alpha value is -1.07. The van der Waals surface area contributed by atoms with Crippen molar-refractivity contribution in [3.63, 3.8) is 0 Å². The van der Waals surface area contributed by atoms with Crippen LogP contribution < -0.4 is 5.73 Å². The third kappa shape index (κ3) is 3.21. The van der Waals surface area contributed by atoms with Crippen LogP contribution in [0.25, 0.3) is 0 Å². The van der Waals surface area contributed by atoms with Crippen LogP contribution in [0.2, 0.25) is 0 Å². The van der Waals surface area contributed by atoms with Crippen LogP contribution in [0.3, 0.4) is 0 Å². The quantitative estimate of drug-likeness (QED) is 0.344. The van der Waals surface area contributed by atoms with Crippen LogP contribution in [-0.2, 0) is 4.74 Å². The minimum absolute atomic E-state index is 0.0699. The summed E-state index contributed by atoms with van der Waals surface area (Å²) in [4.78, 5) is 4.22. The van der Waals surface area contributed by atoms with Crippen molar-refractivity contribution in [2.24, 2.45) is 5.73 Å². The Morgan fingerprint density at radius 1 is 1.67 bits per heavy atom. The van der Waals surface area contributed by atoms with Gasteiger partial charge in [-0.15, -0.1) is 11.8 Å². The Kier molecular flexibility index (Phi) is 4.58. The number of aromatic nitrogens is 1. The van der Waals surface area contributed by atoms with E-state index in [1.54, 1.807) is 25.1 Å². The first-order chi connectivity index (χ1) is 7.16. The number of hydrogen-bond donors (Lipinski definition) is 2. The van der Waals surface area contributed by atoms with E-state index in [0.29, 0.717) is 6.61 Å². The zero-order valence-electron chi connectivity index (χ0n) is 8.91. The molecule has 1 aromatic rings.